The number of carbonyl (C=O) groups is 1. The quantitative estimate of drug-likeness (QED) is 0.320. The Morgan fingerprint density at radius 3 is 1.17 bits per heavy atom. The van der Waals surface area contributed by atoms with Gasteiger partial charge in [0.25, 0.3) is 0 Å². The van der Waals surface area contributed by atoms with Crippen molar-refractivity contribution in [3.63, 3.8) is 0 Å². The molecule has 0 aromatic carbocycles. The lowest BCUT2D eigenvalue weighted by Crippen LogP contribution is -2.52. The van der Waals surface area contributed by atoms with Gasteiger partial charge in [-0.1, -0.05) is 82.4 Å². The van der Waals surface area contributed by atoms with E-state index in [0.29, 0.717) is 25.7 Å². The Hall–Kier alpha value is 1.01. The van der Waals surface area contributed by atoms with Crippen molar-refractivity contribution < 1.29 is 14.3 Å². The molecule has 0 saturated heterocycles. The number of hydrogen-bond donors (Lipinski definition) is 0. The molecule has 2 aliphatic rings. The maximum atomic E-state index is 12.5. The van der Waals surface area contributed by atoms with Crippen LogP contribution in [0, 0.1) is 0 Å². The summed E-state index contributed by atoms with van der Waals surface area (Å²) in [4.78, 5) is 12.5. The van der Waals surface area contributed by atoms with Crippen molar-refractivity contribution in [3.8, 4) is 0 Å². The van der Waals surface area contributed by atoms with Gasteiger partial charge in [-0.3, -0.25) is 0 Å². The summed E-state index contributed by atoms with van der Waals surface area (Å²) in [6.45, 7) is 0. The molecule has 0 aromatic heterocycles. The molecule has 3 nitrogen and oxygen atoms in total. The fourth-order valence-electron chi connectivity index (χ4n) is 3.47. The van der Waals surface area contributed by atoms with E-state index in [1.54, 1.807) is 0 Å². The molecule has 140 valence electrons. The molecule has 0 atom stereocenters. The zero-order chi connectivity index (χ0) is 18.1. The minimum absolute atomic E-state index is 0.458. The number of halogens is 6. The molecule has 2 rings (SSSR count). The monoisotopic (exact) mass is 458 g/mol. The zero-order valence-corrected chi connectivity index (χ0v) is 17.6. The number of hydrogen-bond acceptors (Lipinski definition) is 3. The van der Waals surface area contributed by atoms with Crippen LogP contribution in [-0.2, 0) is 9.47 Å². The van der Waals surface area contributed by atoms with Gasteiger partial charge in [-0.05, 0) is 51.4 Å². The third-order valence-corrected chi connectivity index (χ3v) is 6.98. The lowest BCUT2D eigenvalue weighted by Gasteiger charge is -2.44. The second-order valence-electron chi connectivity index (χ2n) is 6.56. The highest BCUT2D eigenvalue weighted by Gasteiger charge is 2.56. The van der Waals surface area contributed by atoms with Crippen LogP contribution in [0.15, 0.2) is 0 Å². The van der Waals surface area contributed by atoms with E-state index in [2.05, 4.69) is 0 Å². The Kier molecular flexibility index (Phi) is 7.05. The Bertz CT molecular complexity index is 405. The van der Waals surface area contributed by atoms with Gasteiger partial charge >= 0.3 is 6.16 Å². The van der Waals surface area contributed by atoms with Crippen molar-refractivity contribution >= 4 is 75.8 Å². The van der Waals surface area contributed by atoms with Gasteiger partial charge in [0.1, 0.15) is 0 Å². The maximum Gasteiger partial charge on any atom is 0.509 e. The largest absolute Gasteiger partial charge is 0.509 e. The predicted molar refractivity (Wildman–Crippen MR) is 99.8 cm³/mol. The zero-order valence-electron chi connectivity index (χ0n) is 13.1. The lowest BCUT2D eigenvalue weighted by molar-refractivity contribution is -0.1000. The van der Waals surface area contributed by atoms with Crippen LogP contribution in [0.5, 0.6) is 0 Å². The van der Waals surface area contributed by atoms with E-state index in [9.17, 15) is 4.79 Å². The van der Waals surface area contributed by atoms with Crippen molar-refractivity contribution in [2.24, 2.45) is 0 Å². The standard InChI is InChI=1S/C15H20Cl6O3/c16-14(17,18)12(7-3-1-4-8-12)23-11(22)24-13(15(19,20)21)9-5-2-6-10-13/h1-10H2. The van der Waals surface area contributed by atoms with E-state index in [0.717, 1.165) is 38.5 Å². The minimum atomic E-state index is -1.74. The van der Waals surface area contributed by atoms with Crippen LogP contribution >= 0.6 is 69.6 Å². The molecule has 0 heterocycles. The first-order valence-corrected chi connectivity index (χ1v) is 10.3. The maximum absolute atomic E-state index is 12.5. The van der Waals surface area contributed by atoms with Crippen LogP contribution in [0.4, 0.5) is 4.79 Å². The molecule has 0 unspecified atom stereocenters. The summed E-state index contributed by atoms with van der Waals surface area (Å²) in [6.07, 6.45) is 6.09. The van der Waals surface area contributed by atoms with Gasteiger partial charge in [-0.15, -0.1) is 0 Å². The summed E-state index contributed by atoms with van der Waals surface area (Å²) in [5, 5.41) is 0. The summed E-state index contributed by atoms with van der Waals surface area (Å²) >= 11 is 36.6. The van der Waals surface area contributed by atoms with Crippen LogP contribution < -0.4 is 0 Å². The van der Waals surface area contributed by atoms with Crippen LogP contribution in [0.2, 0.25) is 0 Å². The molecule has 0 radical (unpaired) electrons. The SMILES string of the molecule is O=C(OC1(C(Cl)(Cl)Cl)CCCCC1)OC1(C(Cl)(Cl)Cl)CCCCC1. The average Bonchev–Trinajstić information content (AvgIpc) is 2.46. The van der Waals surface area contributed by atoms with Gasteiger partial charge in [0.2, 0.25) is 7.59 Å². The molecular weight excluding hydrogens is 441 g/mol. The van der Waals surface area contributed by atoms with Crippen molar-refractivity contribution in [2.75, 3.05) is 0 Å². The Labute approximate surface area is 172 Å². The smallest absolute Gasteiger partial charge is 0.423 e. The summed E-state index contributed by atoms with van der Waals surface area (Å²) in [7, 11) is 0. The van der Waals surface area contributed by atoms with E-state index >= 15 is 0 Å². The van der Waals surface area contributed by atoms with Crippen molar-refractivity contribution in [1.29, 1.82) is 0 Å². The molecule has 24 heavy (non-hydrogen) atoms. The summed E-state index contributed by atoms with van der Waals surface area (Å²) in [5.74, 6) is 0. The molecule has 9 heteroatoms. The summed E-state index contributed by atoms with van der Waals surface area (Å²) < 4.78 is 7.58. The van der Waals surface area contributed by atoms with Crippen LogP contribution in [0.25, 0.3) is 0 Å². The first-order valence-electron chi connectivity index (χ1n) is 8.07. The third-order valence-electron chi connectivity index (χ3n) is 4.91. The second kappa shape index (κ2) is 7.94. The number of carbonyl (C=O) groups excluding carboxylic acids is 1. The van der Waals surface area contributed by atoms with E-state index < -0.39 is 24.9 Å². The van der Waals surface area contributed by atoms with Gasteiger partial charge in [0, 0.05) is 0 Å². The van der Waals surface area contributed by atoms with Crippen molar-refractivity contribution in [2.45, 2.75) is 83.0 Å². The summed E-state index contributed by atoms with van der Waals surface area (Å²) in [5.41, 5.74) is -2.42. The molecular formula is C15H20Cl6O3. The van der Waals surface area contributed by atoms with Gasteiger partial charge in [0.15, 0.2) is 11.2 Å². The molecule has 0 amide bonds. The number of alkyl halides is 6. The topological polar surface area (TPSA) is 35.5 Å². The number of ether oxygens (including phenoxy) is 2. The van der Waals surface area contributed by atoms with Crippen LogP contribution in [0.1, 0.15) is 64.2 Å². The first-order chi connectivity index (χ1) is 11.0. The first kappa shape index (κ1) is 21.3. The van der Waals surface area contributed by atoms with Gasteiger partial charge in [-0.25, -0.2) is 4.79 Å². The molecule has 0 spiro atoms. The molecule has 0 N–H and O–H groups in total. The second-order valence-corrected chi connectivity index (χ2v) is 11.1. The number of rotatable bonds is 2. The molecule has 2 fully saturated rings. The van der Waals surface area contributed by atoms with E-state index in [4.69, 9.17) is 79.1 Å². The van der Waals surface area contributed by atoms with Gasteiger partial charge in [0.05, 0.1) is 0 Å². The van der Waals surface area contributed by atoms with Gasteiger partial charge in [-0.2, -0.15) is 0 Å². The van der Waals surface area contributed by atoms with E-state index in [-0.39, 0.29) is 0 Å². The summed E-state index contributed by atoms with van der Waals surface area (Å²) in [6, 6.07) is 0. The molecule has 2 aliphatic carbocycles. The fourth-order valence-corrected chi connectivity index (χ4v) is 4.84. The van der Waals surface area contributed by atoms with Crippen LogP contribution in [0.3, 0.4) is 0 Å². The highest BCUT2D eigenvalue weighted by atomic mass is 35.6. The molecule has 0 bridgehead atoms. The van der Waals surface area contributed by atoms with E-state index in [1.165, 1.54) is 0 Å². The molecule has 0 aromatic rings. The predicted octanol–water partition coefficient (Wildman–Crippen LogP) is 7.29. The van der Waals surface area contributed by atoms with Gasteiger partial charge < -0.3 is 9.47 Å². The Morgan fingerprint density at radius 2 is 0.917 bits per heavy atom. The van der Waals surface area contributed by atoms with Crippen LogP contribution in [-0.4, -0.2) is 24.9 Å². The average molecular weight is 461 g/mol. The third kappa shape index (κ3) is 4.64. The highest BCUT2D eigenvalue weighted by molar-refractivity contribution is 6.69. The Morgan fingerprint density at radius 1 is 0.625 bits per heavy atom. The Balaban J connectivity index is 2.15. The van der Waals surface area contributed by atoms with Crippen molar-refractivity contribution in [1.82, 2.24) is 0 Å². The highest BCUT2D eigenvalue weighted by Crippen LogP contribution is 2.52. The fraction of sp³-hybridized carbons (Fsp3) is 0.933. The van der Waals surface area contributed by atoms with E-state index in [1.807, 2.05) is 0 Å². The minimum Gasteiger partial charge on any atom is -0.423 e. The van der Waals surface area contributed by atoms with Crippen molar-refractivity contribution in [3.05, 3.63) is 0 Å². The lowest BCUT2D eigenvalue weighted by atomic mass is 9.85. The molecule has 0 aliphatic heterocycles. The normalized spacial score (nSPS) is 24.2. The molecule has 2 saturated carbocycles.